The van der Waals surface area contributed by atoms with Crippen LogP contribution in [0.2, 0.25) is 0 Å². The van der Waals surface area contributed by atoms with Crippen molar-refractivity contribution in [3.63, 3.8) is 0 Å². The Hall–Kier alpha value is -1.83. The molecular formula is C15H23NO6. The summed E-state index contributed by atoms with van der Waals surface area (Å²) in [6, 6.07) is 4.23. The van der Waals surface area contributed by atoms with Crippen LogP contribution in [0, 0.1) is 5.92 Å². The zero-order chi connectivity index (χ0) is 16.4. The first-order valence-corrected chi connectivity index (χ1v) is 7.13. The number of aliphatic hydroxyl groups is 2. The lowest BCUT2D eigenvalue weighted by Crippen LogP contribution is -2.30. The minimum absolute atomic E-state index is 0.0394. The maximum absolute atomic E-state index is 11.7. The number of carbonyl (C=O) groups is 1. The number of aromatic hydroxyl groups is 2. The third-order valence-electron chi connectivity index (χ3n) is 3.11. The first-order valence-electron chi connectivity index (χ1n) is 7.13. The standard InChI is InChI=1S/C15H23NO6/c17-4-6-22-5-3-16-15(21)8-11(10-18)7-12-1-2-13(19)9-14(12)20/h1-2,9,11,17-20H,3-8,10H2,(H,16,21). The van der Waals surface area contributed by atoms with E-state index in [1.807, 2.05) is 0 Å². The number of amides is 1. The van der Waals surface area contributed by atoms with Crippen molar-refractivity contribution < 1.29 is 30.0 Å². The van der Waals surface area contributed by atoms with Crippen LogP contribution in [0.5, 0.6) is 11.5 Å². The third kappa shape index (κ3) is 6.75. The lowest BCUT2D eigenvalue weighted by atomic mass is 9.96. The van der Waals surface area contributed by atoms with Gasteiger partial charge in [0.05, 0.1) is 19.8 Å². The number of hydrogen-bond acceptors (Lipinski definition) is 6. The van der Waals surface area contributed by atoms with Crippen LogP contribution >= 0.6 is 0 Å². The molecule has 0 saturated heterocycles. The number of nitrogens with one attached hydrogen (secondary N) is 1. The van der Waals surface area contributed by atoms with Gasteiger partial charge in [-0.05, 0) is 24.0 Å². The number of benzene rings is 1. The first-order chi connectivity index (χ1) is 10.6. The number of phenolic OH excluding ortho intramolecular Hbond substituents is 2. The number of hydrogen-bond donors (Lipinski definition) is 5. The molecular weight excluding hydrogens is 290 g/mol. The van der Waals surface area contributed by atoms with Crippen LogP contribution in [0.4, 0.5) is 0 Å². The maximum atomic E-state index is 11.7. The summed E-state index contributed by atoms with van der Waals surface area (Å²) in [4.78, 5) is 11.7. The number of rotatable bonds is 10. The Balaban J connectivity index is 2.39. The summed E-state index contributed by atoms with van der Waals surface area (Å²) in [6.07, 6.45) is 0.452. The van der Waals surface area contributed by atoms with Crippen molar-refractivity contribution in [2.45, 2.75) is 12.8 Å². The van der Waals surface area contributed by atoms with Crippen molar-refractivity contribution in [3.8, 4) is 11.5 Å². The molecule has 0 aromatic heterocycles. The van der Waals surface area contributed by atoms with Crippen LogP contribution in [0.1, 0.15) is 12.0 Å². The second-order valence-corrected chi connectivity index (χ2v) is 4.96. The van der Waals surface area contributed by atoms with Gasteiger partial charge in [-0.2, -0.15) is 0 Å². The summed E-state index contributed by atoms with van der Waals surface area (Å²) >= 11 is 0. The monoisotopic (exact) mass is 313 g/mol. The van der Waals surface area contributed by atoms with Crippen molar-refractivity contribution in [1.82, 2.24) is 5.32 Å². The maximum Gasteiger partial charge on any atom is 0.220 e. The second kappa shape index (κ2) is 9.99. The van der Waals surface area contributed by atoms with Crippen LogP contribution in [0.25, 0.3) is 0 Å². The lowest BCUT2D eigenvalue weighted by molar-refractivity contribution is -0.122. The summed E-state index contributed by atoms with van der Waals surface area (Å²) in [5.41, 5.74) is 0.566. The molecule has 7 heteroatoms. The van der Waals surface area contributed by atoms with E-state index in [2.05, 4.69) is 5.32 Å². The van der Waals surface area contributed by atoms with E-state index in [1.54, 1.807) is 6.07 Å². The average Bonchev–Trinajstić information content (AvgIpc) is 2.49. The fourth-order valence-electron chi connectivity index (χ4n) is 2.00. The van der Waals surface area contributed by atoms with Crippen LogP contribution < -0.4 is 5.32 Å². The molecule has 0 radical (unpaired) electrons. The van der Waals surface area contributed by atoms with E-state index in [1.165, 1.54) is 12.1 Å². The van der Waals surface area contributed by atoms with Gasteiger partial charge in [0.15, 0.2) is 0 Å². The first kappa shape index (κ1) is 18.2. The Morgan fingerprint density at radius 3 is 2.64 bits per heavy atom. The van der Waals surface area contributed by atoms with Crippen molar-refractivity contribution in [2.75, 3.05) is 33.0 Å². The molecule has 0 aliphatic heterocycles. The van der Waals surface area contributed by atoms with Gasteiger partial charge in [0.1, 0.15) is 11.5 Å². The molecule has 0 spiro atoms. The Labute approximate surface area is 129 Å². The molecule has 7 nitrogen and oxygen atoms in total. The fourth-order valence-corrected chi connectivity index (χ4v) is 2.00. The number of ether oxygens (including phenoxy) is 1. The smallest absolute Gasteiger partial charge is 0.220 e. The fraction of sp³-hybridized carbons (Fsp3) is 0.533. The summed E-state index contributed by atoms with van der Waals surface area (Å²) in [5, 5.41) is 39.5. The average molecular weight is 313 g/mol. The Bertz CT molecular complexity index is 465. The van der Waals surface area contributed by atoms with E-state index >= 15 is 0 Å². The largest absolute Gasteiger partial charge is 0.508 e. The highest BCUT2D eigenvalue weighted by Gasteiger charge is 2.15. The number of carbonyl (C=O) groups excluding carboxylic acids is 1. The van der Waals surface area contributed by atoms with Crippen LogP contribution in [-0.2, 0) is 16.0 Å². The van der Waals surface area contributed by atoms with E-state index in [0.717, 1.165) is 0 Å². The summed E-state index contributed by atoms with van der Waals surface area (Å²) < 4.78 is 5.02. The van der Waals surface area contributed by atoms with Gasteiger partial charge in [-0.25, -0.2) is 0 Å². The molecule has 0 aliphatic rings. The molecule has 0 saturated carbocycles. The molecule has 1 amide bonds. The molecule has 124 valence electrons. The van der Waals surface area contributed by atoms with Crippen molar-refractivity contribution >= 4 is 5.91 Å². The summed E-state index contributed by atoms with van der Waals surface area (Å²) in [6.45, 7) is 0.636. The van der Waals surface area contributed by atoms with E-state index < -0.39 is 0 Å². The van der Waals surface area contributed by atoms with E-state index in [-0.39, 0.29) is 49.6 Å². The molecule has 22 heavy (non-hydrogen) atoms. The molecule has 1 aromatic carbocycles. The minimum Gasteiger partial charge on any atom is -0.508 e. The Morgan fingerprint density at radius 2 is 2.00 bits per heavy atom. The van der Waals surface area contributed by atoms with Gasteiger partial charge in [-0.1, -0.05) is 6.07 Å². The van der Waals surface area contributed by atoms with Crippen LogP contribution in [0.3, 0.4) is 0 Å². The van der Waals surface area contributed by atoms with Gasteiger partial charge in [-0.3, -0.25) is 4.79 Å². The lowest BCUT2D eigenvalue weighted by Gasteiger charge is -2.15. The Kier molecular flexibility index (Phi) is 8.27. The van der Waals surface area contributed by atoms with Crippen molar-refractivity contribution in [3.05, 3.63) is 23.8 Å². The summed E-state index contributed by atoms with van der Waals surface area (Å²) in [5.74, 6) is -0.641. The molecule has 0 heterocycles. The van der Waals surface area contributed by atoms with E-state index in [4.69, 9.17) is 9.84 Å². The highest BCUT2D eigenvalue weighted by atomic mass is 16.5. The number of phenols is 2. The van der Waals surface area contributed by atoms with Gasteiger partial charge in [0, 0.05) is 25.6 Å². The van der Waals surface area contributed by atoms with Crippen LogP contribution in [-0.4, -0.2) is 59.3 Å². The quantitative estimate of drug-likeness (QED) is 0.381. The molecule has 0 fully saturated rings. The third-order valence-corrected chi connectivity index (χ3v) is 3.11. The van der Waals surface area contributed by atoms with E-state index in [9.17, 15) is 20.1 Å². The number of aliphatic hydroxyl groups excluding tert-OH is 2. The topological polar surface area (TPSA) is 119 Å². The van der Waals surface area contributed by atoms with Crippen LogP contribution in [0.15, 0.2) is 18.2 Å². The highest BCUT2D eigenvalue weighted by Crippen LogP contribution is 2.25. The highest BCUT2D eigenvalue weighted by molar-refractivity contribution is 5.76. The predicted molar refractivity (Wildman–Crippen MR) is 79.6 cm³/mol. The molecule has 5 N–H and O–H groups in total. The molecule has 1 atom stereocenters. The van der Waals surface area contributed by atoms with Gasteiger partial charge in [-0.15, -0.1) is 0 Å². The van der Waals surface area contributed by atoms with Gasteiger partial charge in [0.25, 0.3) is 0 Å². The van der Waals surface area contributed by atoms with E-state index in [0.29, 0.717) is 25.1 Å². The molecule has 1 unspecified atom stereocenters. The molecule has 0 aliphatic carbocycles. The SMILES string of the molecule is O=C(CC(CO)Cc1ccc(O)cc1O)NCCOCCO. The second-order valence-electron chi connectivity index (χ2n) is 4.96. The molecule has 1 rings (SSSR count). The predicted octanol–water partition coefficient (Wildman–Crippen LogP) is -0.236. The minimum atomic E-state index is -0.325. The van der Waals surface area contributed by atoms with Gasteiger partial charge >= 0.3 is 0 Å². The molecule has 0 bridgehead atoms. The normalized spacial score (nSPS) is 12.1. The van der Waals surface area contributed by atoms with Gasteiger partial charge < -0.3 is 30.5 Å². The zero-order valence-corrected chi connectivity index (χ0v) is 12.4. The molecule has 1 aromatic rings. The summed E-state index contributed by atoms with van der Waals surface area (Å²) in [7, 11) is 0. The Morgan fingerprint density at radius 1 is 1.23 bits per heavy atom. The van der Waals surface area contributed by atoms with Crippen molar-refractivity contribution in [1.29, 1.82) is 0 Å². The van der Waals surface area contributed by atoms with Gasteiger partial charge in [0.2, 0.25) is 5.91 Å². The van der Waals surface area contributed by atoms with Crippen molar-refractivity contribution in [2.24, 2.45) is 5.92 Å². The zero-order valence-electron chi connectivity index (χ0n) is 12.4.